The van der Waals surface area contributed by atoms with Gasteiger partial charge < -0.3 is 15.0 Å². The molecule has 0 spiro atoms. The molecule has 1 amide bonds. The van der Waals surface area contributed by atoms with Crippen LogP contribution in [0.3, 0.4) is 0 Å². The van der Waals surface area contributed by atoms with Crippen molar-refractivity contribution in [1.29, 1.82) is 0 Å². The Morgan fingerprint density at radius 3 is 2.67 bits per heavy atom. The van der Waals surface area contributed by atoms with Gasteiger partial charge in [-0.3, -0.25) is 4.79 Å². The molecule has 5 heteroatoms. The topological polar surface area (TPSA) is 41.6 Å². The average molecular weight is 277 g/mol. The minimum Gasteiger partial charge on any atom is -0.366 e. The number of hydrogen-bond donors (Lipinski definition) is 1. The molecule has 1 N–H and O–H groups in total. The average Bonchev–Trinajstić information content (AvgIpc) is 2.39. The van der Waals surface area contributed by atoms with E-state index in [1.165, 1.54) is 19.3 Å². The van der Waals surface area contributed by atoms with E-state index < -0.39 is 0 Å². The van der Waals surface area contributed by atoms with Gasteiger partial charge in [-0.2, -0.15) is 0 Å². The molecule has 2 aliphatic rings. The van der Waals surface area contributed by atoms with E-state index in [0.29, 0.717) is 25.1 Å². The zero-order valence-corrected chi connectivity index (χ0v) is 12.2. The Labute approximate surface area is 116 Å². The number of ether oxygens (including phenoxy) is 1. The summed E-state index contributed by atoms with van der Waals surface area (Å²) in [6, 6.07) is 0.404. The predicted octanol–water partition coefficient (Wildman–Crippen LogP) is 1.43. The van der Waals surface area contributed by atoms with Crippen molar-refractivity contribution < 1.29 is 9.53 Å². The summed E-state index contributed by atoms with van der Waals surface area (Å²) in [5.74, 6) is 0.769. The molecule has 18 heavy (non-hydrogen) atoms. The van der Waals surface area contributed by atoms with Crippen molar-refractivity contribution in [2.24, 2.45) is 5.92 Å². The van der Waals surface area contributed by atoms with Crippen molar-refractivity contribution >= 4 is 18.3 Å². The lowest BCUT2D eigenvalue weighted by atomic mass is 9.85. The van der Waals surface area contributed by atoms with E-state index in [0.717, 1.165) is 13.0 Å². The molecule has 0 aromatic heterocycles. The number of carbonyl (C=O) groups excluding carboxylic acids is 1. The Morgan fingerprint density at radius 2 is 2.06 bits per heavy atom. The second-order valence-electron chi connectivity index (χ2n) is 5.34. The Morgan fingerprint density at radius 1 is 1.33 bits per heavy atom. The number of rotatable bonds is 2. The van der Waals surface area contributed by atoms with Gasteiger partial charge in [0.05, 0.1) is 6.61 Å². The summed E-state index contributed by atoms with van der Waals surface area (Å²) in [4.78, 5) is 14.2. The fraction of sp³-hybridized carbons (Fsp3) is 0.923. The Balaban J connectivity index is 0.00000162. The third-order valence-corrected chi connectivity index (χ3v) is 4.11. The highest BCUT2D eigenvalue weighted by molar-refractivity contribution is 5.85. The molecule has 0 aromatic rings. The smallest absolute Gasteiger partial charge is 0.253 e. The first-order valence-corrected chi connectivity index (χ1v) is 6.79. The summed E-state index contributed by atoms with van der Waals surface area (Å²) in [7, 11) is 1.94. The fourth-order valence-electron chi connectivity index (χ4n) is 2.99. The van der Waals surface area contributed by atoms with Crippen LogP contribution in [0.5, 0.6) is 0 Å². The van der Waals surface area contributed by atoms with E-state index in [4.69, 9.17) is 4.74 Å². The van der Waals surface area contributed by atoms with E-state index in [1.54, 1.807) is 0 Å². The minimum atomic E-state index is -0.275. The second-order valence-corrected chi connectivity index (χ2v) is 5.34. The summed E-state index contributed by atoms with van der Waals surface area (Å²) in [6.45, 7) is 4.41. The van der Waals surface area contributed by atoms with E-state index in [1.807, 2.05) is 11.9 Å². The highest BCUT2D eigenvalue weighted by atomic mass is 35.5. The lowest BCUT2D eigenvalue weighted by molar-refractivity contribution is -0.147. The number of likely N-dealkylation sites (N-methyl/N-ethyl adjacent to an activating group) is 1. The monoisotopic (exact) mass is 276 g/mol. The van der Waals surface area contributed by atoms with Gasteiger partial charge in [-0.25, -0.2) is 0 Å². The fourth-order valence-corrected chi connectivity index (χ4v) is 2.99. The van der Waals surface area contributed by atoms with Gasteiger partial charge in [0, 0.05) is 26.2 Å². The molecule has 4 nitrogen and oxygen atoms in total. The van der Waals surface area contributed by atoms with Crippen LogP contribution >= 0.6 is 12.4 Å². The van der Waals surface area contributed by atoms with Crippen molar-refractivity contribution in [2.75, 3.05) is 26.7 Å². The van der Waals surface area contributed by atoms with E-state index in [2.05, 4.69) is 12.2 Å². The minimum absolute atomic E-state index is 0. The van der Waals surface area contributed by atoms with Gasteiger partial charge in [0.2, 0.25) is 0 Å². The molecule has 1 aliphatic heterocycles. The van der Waals surface area contributed by atoms with Crippen LogP contribution in [0.25, 0.3) is 0 Å². The highest BCUT2D eigenvalue weighted by Gasteiger charge is 2.32. The maximum Gasteiger partial charge on any atom is 0.253 e. The molecule has 0 aromatic carbocycles. The van der Waals surface area contributed by atoms with Crippen molar-refractivity contribution in [2.45, 2.75) is 44.8 Å². The standard InChI is InChI=1S/C13H24N2O2.ClH/c1-10-5-3-4-6-11(10)15(2)13(16)12-9-14-7-8-17-12;/h10-12,14H,3-9H2,1-2H3;1H. The number of nitrogens with zero attached hydrogens (tertiary/aromatic N) is 1. The molecule has 0 bridgehead atoms. The van der Waals surface area contributed by atoms with Crippen molar-refractivity contribution in [1.82, 2.24) is 10.2 Å². The van der Waals surface area contributed by atoms with Crippen LogP contribution in [0.1, 0.15) is 32.6 Å². The van der Waals surface area contributed by atoms with Crippen LogP contribution in [0.2, 0.25) is 0 Å². The quantitative estimate of drug-likeness (QED) is 0.830. The third-order valence-electron chi connectivity index (χ3n) is 4.11. The van der Waals surface area contributed by atoms with Gasteiger partial charge in [-0.1, -0.05) is 19.8 Å². The van der Waals surface area contributed by atoms with Gasteiger partial charge in [0.25, 0.3) is 5.91 Å². The lowest BCUT2D eigenvalue weighted by Crippen LogP contribution is -2.52. The molecule has 2 rings (SSSR count). The number of amides is 1. The second kappa shape index (κ2) is 7.31. The molecule has 3 atom stereocenters. The maximum atomic E-state index is 12.3. The van der Waals surface area contributed by atoms with Gasteiger partial charge in [-0.05, 0) is 18.8 Å². The first kappa shape index (κ1) is 15.7. The molecular weight excluding hydrogens is 252 g/mol. The molecule has 1 saturated heterocycles. The van der Waals surface area contributed by atoms with Gasteiger partial charge in [-0.15, -0.1) is 12.4 Å². The summed E-state index contributed by atoms with van der Waals surface area (Å²) in [5, 5.41) is 3.21. The Hall–Kier alpha value is -0.320. The zero-order valence-electron chi connectivity index (χ0n) is 11.4. The predicted molar refractivity (Wildman–Crippen MR) is 74.0 cm³/mol. The Bertz CT molecular complexity index is 270. The van der Waals surface area contributed by atoms with Gasteiger partial charge >= 0.3 is 0 Å². The number of morpholine rings is 1. The molecule has 1 saturated carbocycles. The molecular formula is C13H25ClN2O2. The zero-order chi connectivity index (χ0) is 12.3. The SMILES string of the molecule is CC1CCCCC1N(C)C(=O)C1CNCCO1.Cl. The molecule has 1 aliphatic carbocycles. The normalized spacial score (nSPS) is 32.4. The van der Waals surface area contributed by atoms with Crippen LogP contribution in [0.4, 0.5) is 0 Å². The number of nitrogens with one attached hydrogen (secondary N) is 1. The molecule has 0 radical (unpaired) electrons. The van der Waals surface area contributed by atoms with E-state index >= 15 is 0 Å². The van der Waals surface area contributed by atoms with Gasteiger partial charge in [0.1, 0.15) is 6.10 Å². The number of hydrogen-bond acceptors (Lipinski definition) is 3. The van der Waals surface area contributed by atoms with Crippen molar-refractivity contribution in [3.8, 4) is 0 Å². The van der Waals surface area contributed by atoms with Crippen LogP contribution in [0, 0.1) is 5.92 Å². The largest absolute Gasteiger partial charge is 0.366 e. The highest BCUT2D eigenvalue weighted by Crippen LogP contribution is 2.27. The third kappa shape index (κ3) is 3.59. The van der Waals surface area contributed by atoms with Crippen LogP contribution in [-0.2, 0) is 9.53 Å². The van der Waals surface area contributed by atoms with Gasteiger partial charge in [0.15, 0.2) is 0 Å². The number of halogens is 1. The van der Waals surface area contributed by atoms with Crippen molar-refractivity contribution in [3.05, 3.63) is 0 Å². The van der Waals surface area contributed by atoms with Crippen molar-refractivity contribution in [3.63, 3.8) is 0 Å². The summed E-state index contributed by atoms with van der Waals surface area (Å²) in [6.07, 6.45) is 4.66. The van der Waals surface area contributed by atoms with Crippen LogP contribution in [-0.4, -0.2) is 49.7 Å². The molecule has 106 valence electrons. The summed E-state index contributed by atoms with van der Waals surface area (Å²) >= 11 is 0. The van der Waals surface area contributed by atoms with Crippen LogP contribution < -0.4 is 5.32 Å². The first-order chi connectivity index (χ1) is 8.20. The maximum absolute atomic E-state index is 12.3. The van der Waals surface area contributed by atoms with E-state index in [-0.39, 0.29) is 24.4 Å². The molecule has 3 unspecified atom stereocenters. The number of carbonyl (C=O) groups is 1. The Kier molecular flexibility index (Phi) is 6.39. The summed E-state index contributed by atoms with van der Waals surface area (Å²) in [5.41, 5.74) is 0. The summed E-state index contributed by atoms with van der Waals surface area (Å²) < 4.78 is 5.53. The lowest BCUT2D eigenvalue weighted by Gasteiger charge is -2.38. The first-order valence-electron chi connectivity index (χ1n) is 6.79. The van der Waals surface area contributed by atoms with Crippen LogP contribution in [0.15, 0.2) is 0 Å². The van der Waals surface area contributed by atoms with E-state index in [9.17, 15) is 4.79 Å². The molecule has 2 fully saturated rings. The molecule has 1 heterocycles.